The van der Waals surface area contributed by atoms with Crippen molar-refractivity contribution >= 4 is 17.3 Å². The third-order valence-corrected chi connectivity index (χ3v) is 4.11. The van der Waals surface area contributed by atoms with Crippen molar-refractivity contribution in [3.8, 4) is 5.75 Å². The Bertz CT molecular complexity index is 735. The summed E-state index contributed by atoms with van der Waals surface area (Å²) in [5, 5.41) is 20.0. The molecular weight excluding hydrogens is 310 g/mol. The maximum atomic E-state index is 12.5. The van der Waals surface area contributed by atoms with Crippen molar-refractivity contribution in [2.24, 2.45) is 0 Å². The van der Waals surface area contributed by atoms with Crippen LogP contribution in [0.1, 0.15) is 10.4 Å². The molecule has 0 aliphatic carbocycles. The van der Waals surface area contributed by atoms with E-state index in [9.17, 15) is 20.0 Å². The molecule has 7 heteroatoms. The molecule has 1 aliphatic rings. The van der Waals surface area contributed by atoms with Gasteiger partial charge in [-0.2, -0.15) is 0 Å². The molecule has 1 N–H and O–H groups in total. The molecule has 24 heavy (non-hydrogen) atoms. The lowest BCUT2D eigenvalue weighted by Crippen LogP contribution is -2.48. The predicted molar refractivity (Wildman–Crippen MR) is 89.3 cm³/mol. The Hall–Kier alpha value is -3.09. The maximum Gasteiger partial charge on any atom is 0.269 e. The highest BCUT2D eigenvalue weighted by Crippen LogP contribution is 2.21. The summed E-state index contributed by atoms with van der Waals surface area (Å²) < 4.78 is 0. The standard InChI is InChI=1S/C17H17N3O4/c21-16-7-5-14(6-8-16)18-9-11-19(12-10-18)17(22)13-1-3-15(4-2-13)20(23)24/h1-8,21H,9-12H2. The van der Waals surface area contributed by atoms with Gasteiger partial charge in [0.25, 0.3) is 11.6 Å². The number of phenolic OH excluding ortho intramolecular Hbond substituents is 1. The number of benzene rings is 2. The van der Waals surface area contributed by atoms with Crippen LogP contribution in [0.5, 0.6) is 5.75 Å². The minimum atomic E-state index is -0.481. The molecule has 1 saturated heterocycles. The quantitative estimate of drug-likeness (QED) is 0.690. The number of carbonyl (C=O) groups excluding carboxylic acids is 1. The van der Waals surface area contributed by atoms with E-state index in [1.54, 1.807) is 17.0 Å². The fraction of sp³-hybridized carbons (Fsp3) is 0.235. The van der Waals surface area contributed by atoms with Crippen LogP contribution >= 0.6 is 0 Å². The zero-order valence-corrected chi connectivity index (χ0v) is 13.0. The number of non-ortho nitro benzene ring substituents is 1. The van der Waals surface area contributed by atoms with Crippen LogP contribution in [0.15, 0.2) is 48.5 Å². The SMILES string of the molecule is O=C(c1ccc([N+](=O)[O-])cc1)N1CCN(c2ccc(O)cc2)CC1. The van der Waals surface area contributed by atoms with Crippen LogP contribution in [-0.2, 0) is 0 Å². The van der Waals surface area contributed by atoms with Gasteiger partial charge in [0.2, 0.25) is 0 Å². The summed E-state index contributed by atoms with van der Waals surface area (Å²) in [6.45, 7) is 2.56. The van der Waals surface area contributed by atoms with Gasteiger partial charge in [0.15, 0.2) is 0 Å². The van der Waals surface area contributed by atoms with Gasteiger partial charge in [-0.25, -0.2) is 0 Å². The highest BCUT2D eigenvalue weighted by molar-refractivity contribution is 5.94. The largest absolute Gasteiger partial charge is 0.508 e. The molecule has 2 aromatic rings. The Morgan fingerprint density at radius 2 is 1.54 bits per heavy atom. The molecule has 1 fully saturated rings. The van der Waals surface area contributed by atoms with Crippen molar-refractivity contribution in [1.29, 1.82) is 0 Å². The molecule has 1 amide bonds. The zero-order valence-electron chi connectivity index (χ0n) is 13.0. The van der Waals surface area contributed by atoms with Crippen LogP contribution in [0.3, 0.4) is 0 Å². The number of rotatable bonds is 3. The summed E-state index contributed by atoms with van der Waals surface area (Å²) in [7, 11) is 0. The summed E-state index contributed by atoms with van der Waals surface area (Å²) in [5.74, 6) is 0.112. The van der Waals surface area contributed by atoms with E-state index in [-0.39, 0.29) is 17.3 Å². The number of carbonyl (C=O) groups is 1. The Kier molecular flexibility index (Phi) is 4.33. The lowest BCUT2D eigenvalue weighted by molar-refractivity contribution is -0.384. The van der Waals surface area contributed by atoms with E-state index < -0.39 is 4.92 Å². The second kappa shape index (κ2) is 6.57. The molecule has 2 aromatic carbocycles. The van der Waals surface area contributed by atoms with Crippen molar-refractivity contribution in [1.82, 2.24) is 4.90 Å². The molecule has 0 spiro atoms. The topological polar surface area (TPSA) is 86.9 Å². The van der Waals surface area contributed by atoms with Crippen molar-refractivity contribution in [2.75, 3.05) is 31.1 Å². The average molecular weight is 327 g/mol. The molecule has 0 saturated carbocycles. The van der Waals surface area contributed by atoms with E-state index in [0.29, 0.717) is 31.7 Å². The van der Waals surface area contributed by atoms with Crippen LogP contribution in [0, 0.1) is 10.1 Å². The number of anilines is 1. The van der Waals surface area contributed by atoms with Gasteiger partial charge in [-0.1, -0.05) is 0 Å². The van der Waals surface area contributed by atoms with Crippen LogP contribution < -0.4 is 4.90 Å². The van der Waals surface area contributed by atoms with Crippen molar-refractivity contribution < 1.29 is 14.8 Å². The van der Waals surface area contributed by atoms with Crippen LogP contribution in [0.25, 0.3) is 0 Å². The predicted octanol–water partition coefficient (Wildman–Crippen LogP) is 2.26. The van der Waals surface area contributed by atoms with Gasteiger partial charge in [0.1, 0.15) is 5.75 Å². The summed E-state index contributed by atoms with van der Waals surface area (Å²) in [6, 6.07) is 12.7. The van der Waals surface area contributed by atoms with E-state index in [2.05, 4.69) is 4.90 Å². The first-order valence-corrected chi connectivity index (χ1v) is 7.62. The number of piperazine rings is 1. The van der Waals surface area contributed by atoms with Gasteiger partial charge in [0, 0.05) is 49.6 Å². The first-order chi connectivity index (χ1) is 11.5. The van der Waals surface area contributed by atoms with Gasteiger partial charge >= 0.3 is 0 Å². The number of phenols is 1. The van der Waals surface area contributed by atoms with Gasteiger partial charge in [-0.3, -0.25) is 14.9 Å². The number of nitro groups is 1. The van der Waals surface area contributed by atoms with E-state index in [0.717, 1.165) is 5.69 Å². The lowest BCUT2D eigenvalue weighted by atomic mass is 10.1. The molecule has 0 radical (unpaired) electrons. The van der Waals surface area contributed by atoms with E-state index in [1.165, 1.54) is 24.3 Å². The smallest absolute Gasteiger partial charge is 0.269 e. The molecule has 0 atom stereocenters. The Morgan fingerprint density at radius 3 is 2.08 bits per heavy atom. The number of amides is 1. The molecule has 0 aromatic heterocycles. The normalized spacial score (nSPS) is 14.5. The average Bonchev–Trinajstić information content (AvgIpc) is 2.62. The molecule has 1 aliphatic heterocycles. The van der Waals surface area contributed by atoms with Crippen LogP contribution in [0.4, 0.5) is 11.4 Å². The van der Waals surface area contributed by atoms with Gasteiger partial charge < -0.3 is 14.9 Å². The number of aromatic hydroxyl groups is 1. The van der Waals surface area contributed by atoms with Crippen molar-refractivity contribution in [3.63, 3.8) is 0 Å². The second-order valence-electron chi connectivity index (χ2n) is 5.60. The summed E-state index contributed by atoms with van der Waals surface area (Å²) >= 11 is 0. The van der Waals surface area contributed by atoms with E-state index in [4.69, 9.17) is 0 Å². The Labute approximate surface area is 138 Å². The Balaban J connectivity index is 1.62. The van der Waals surface area contributed by atoms with Gasteiger partial charge in [0.05, 0.1) is 4.92 Å². The van der Waals surface area contributed by atoms with E-state index >= 15 is 0 Å². The third-order valence-electron chi connectivity index (χ3n) is 4.11. The monoisotopic (exact) mass is 327 g/mol. The fourth-order valence-corrected chi connectivity index (χ4v) is 2.74. The van der Waals surface area contributed by atoms with Crippen molar-refractivity contribution in [2.45, 2.75) is 0 Å². The first-order valence-electron chi connectivity index (χ1n) is 7.62. The minimum absolute atomic E-state index is 0.0244. The number of nitrogens with zero attached hydrogens (tertiary/aromatic N) is 3. The fourth-order valence-electron chi connectivity index (χ4n) is 2.74. The second-order valence-corrected chi connectivity index (χ2v) is 5.60. The third kappa shape index (κ3) is 3.29. The maximum absolute atomic E-state index is 12.5. The number of hydrogen-bond acceptors (Lipinski definition) is 5. The first kappa shape index (κ1) is 15.8. The van der Waals surface area contributed by atoms with Gasteiger partial charge in [-0.15, -0.1) is 0 Å². The molecule has 1 heterocycles. The van der Waals surface area contributed by atoms with Gasteiger partial charge in [-0.05, 0) is 36.4 Å². The molecule has 124 valence electrons. The summed E-state index contributed by atoms with van der Waals surface area (Å²) in [4.78, 5) is 26.6. The molecule has 0 bridgehead atoms. The molecular formula is C17H17N3O4. The minimum Gasteiger partial charge on any atom is -0.508 e. The summed E-state index contributed by atoms with van der Waals surface area (Å²) in [6.07, 6.45) is 0. The highest BCUT2D eigenvalue weighted by atomic mass is 16.6. The highest BCUT2D eigenvalue weighted by Gasteiger charge is 2.22. The molecule has 3 rings (SSSR count). The molecule has 0 unspecified atom stereocenters. The van der Waals surface area contributed by atoms with Crippen LogP contribution in [-0.4, -0.2) is 47.0 Å². The Morgan fingerprint density at radius 1 is 0.958 bits per heavy atom. The summed E-state index contributed by atoms with van der Waals surface area (Å²) in [5.41, 5.74) is 1.44. The van der Waals surface area contributed by atoms with E-state index in [1.807, 2.05) is 12.1 Å². The number of hydrogen-bond donors (Lipinski definition) is 1. The van der Waals surface area contributed by atoms with Crippen LogP contribution in [0.2, 0.25) is 0 Å². The molecule has 7 nitrogen and oxygen atoms in total. The lowest BCUT2D eigenvalue weighted by Gasteiger charge is -2.36. The van der Waals surface area contributed by atoms with Crippen molar-refractivity contribution in [3.05, 3.63) is 64.2 Å². The zero-order chi connectivity index (χ0) is 17.1. The number of nitro benzene ring substituents is 1.